The van der Waals surface area contributed by atoms with Crippen molar-refractivity contribution in [3.63, 3.8) is 0 Å². The molecule has 1 fully saturated rings. The first-order valence-corrected chi connectivity index (χ1v) is 12.2. The van der Waals surface area contributed by atoms with E-state index in [4.69, 9.17) is 0 Å². The van der Waals surface area contributed by atoms with Gasteiger partial charge in [0.1, 0.15) is 5.82 Å². The Balaban J connectivity index is 1.56. The highest BCUT2D eigenvalue weighted by Gasteiger charge is 2.24. The van der Waals surface area contributed by atoms with Crippen LogP contribution in [-0.2, 0) is 9.59 Å². The minimum atomic E-state index is 0.0953. The van der Waals surface area contributed by atoms with E-state index >= 15 is 0 Å². The molecule has 0 radical (unpaired) electrons. The molecule has 2 heterocycles. The molecule has 2 aromatic rings. The number of carbonyl (C=O) groups excluding carboxylic acids is 2. The van der Waals surface area contributed by atoms with E-state index in [1.165, 1.54) is 17.3 Å². The Hall–Kier alpha value is -2.39. The van der Waals surface area contributed by atoms with Crippen molar-refractivity contribution < 1.29 is 9.59 Å². The third-order valence-corrected chi connectivity index (χ3v) is 6.84. The maximum Gasteiger partial charge on any atom is 0.236 e. The maximum absolute atomic E-state index is 12.8. The molecular weight excluding hydrogens is 424 g/mol. The fraction of sp³-hybridized carbons (Fsp3) is 0.565. The number of carbonyl (C=O) groups is 2. The van der Waals surface area contributed by atoms with Crippen LogP contribution in [0.2, 0.25) is 0 Å². The Labute approximate surface area is 195 Å². The Morgan fingerprint density at radius 3 is 2.38 bits per heavy atom. The third kappa shape index (κ3) is 5.69. The smallest absolute Gasteiger partial charge is 0.236 e. The summed E-state index contributed by atoms with van der Waals surface area (Å²) in [4.78, 5) is 31.0. The van der Waals surface area contributed by atoms with Crippen LogP contribution in [0.25, 0.3) is 5.69 Å². The lowest BCUT2D eigenvalue weighted by Crippen LogP contribution is -2.52. The number of likely N-dealkylation sites (N-methyl/N-ethyl adjacent to an activating group) is 1. The molecule has 8 nitrogen and oxygen atoms in total. The van der Waals surface area contributed by atoms with Crippen molar-refractivity contribution in [2.45, 2.75) is 39.8 Å². The summed E-state index contributed by atoms with van der Waals surface area (Å²) in [6, 6.07) is 6.30. The second-order valence-corrected chi connectivity index (χ2v) is 9.11. The highest BCUT2D eigenvalue weighted by molar-refractivity contribution is 7.99. The Kier molecular flexibility index (Phi) is 8.31. The molecule has 32 heavy (non-hydrogen) atoms. The molecular formula is C23H34N6O2S. The van der Waals surface area contributed by atoms with Gasteiger partial charge < -0.3 is 9.80 Å². The van der Waals surface area contributed by atoms with Gasteiger partial charge in [-0.15, -0.1) is 10.2 Å². The van der Waals surface area contributed by atoms with Crippen LogP contribution in [0, 0.1) is 20.8 Å². The number of aromatic nitrogens is 3. The quantitative estimate of drug-likeness (QED) is 0.565. The molecule has 3 rings (SSSR count). The van der Waals surface area contributed by atoms with Crippen molar-refractivity contribution in [3.05, 3.63) is 35.2 Å². The zero-order valence-corrected chi connectivity index (χ0v) is 20.6. The molecule has 1 aromatic heterocycles. The molecule has 2 amide bonds. The van der Waals surface area contributed by atoms with Gasteiger partial charge in [0.2, 0.25) is 11.8 Å². The number of rotatable bonds is 8. The highest BCUT2D eigenvalue weighted by Crippen LogP contribution is 2.25. The van der Waals surface area contributed by atoms with E-state index in [9.17, 15) is 9.59 Å². The summed E-state index contributed by atoms with van der Waals surface area (Å²) in [5.41, 5.74) is 3.36. The van der Waals surface area contributed by atoms with Gasteiger partial charge in [0, 0.05) is 39.3 Å². The number of hydrogen-bond donors (Lipinski definition) is 0. The summed E-state index contributed by atoms with van der Waals surface area (Å²) in [7, 11) is 0. The molecule has 0 saturated carbocycles. The second kappa shape index (κ2) is 11.0. The van der Waals surface area contributed by atoms with Crippen LogP contribution in [0.5, 0.6) is 0 Å². The Bertz CT molecular complexity index is 948. The van der Waals surface area contributed by atoms with Crippen molar-refractivity contribution in [2.24, 2.45) is 0 Å². The van der Waals surface area contributed by atoms with Gasteiger partial charge in [-0.25, -0.2) is 0 Å². The van der Waals surface area contributed by atoms with Gasteiger partial charge in [-0.1, -0.05) is 23.9 Å². The van der Waals surface area contributed by atoms with Crippen LogP contribution in [0.15, 0.2) is 23.4 Å². The second-order valence-electron chi connectivity index (χ2n) is 8.17. The van der Waals surface area contributed by atoms with Crippen molar-refractivity contribution in [3.8, 4) is 5.69 Å². The number of aryl methyl sites for hydroxylation is 3. The fourth-order valence-corrected chi connectivity index (χ4v) is 4.81. The summed E-state index contributed by atoms with van der Waals surface area (Å²) < 4.78 is 2.02. The van der Waals surface area contributed by atoms with Crippen molar-refractivity contribution in [1.82, 2.24) is 29.5 Å². The lowest BCUT2D eigenvalue weighted by Gasteiger charge is -2.35. The van der Waals surface area contributed by atoms with E-state index in [-0.39, 0.29) is 11.8 Å². The van der Waals surface area contributed by atoms with E-state index in [0.717, 1.165) is 48.4 Å². The molecule has 1 saturated heterocycles. The van der Waals surface area contributed by atoms with Crippen molar-refractivity contribution >= 4 is 23.6 Å². The topological polar surface area (TPSA) is 74.6 Å². The molecule has 1 aliphatic rings. The molecule has 0 unspecified atom stereocenters. The number of benzene rings is 1. The highest BCUT2D eigenvalue weighted by atomic mass is 32.2. The van der Waals surface area contributed by atoms with Gasteiger partial charge in [-0.2, -0.15) is 0 Å². The number of piperazine rings is 1. The van der Waals surface area contributed by atoms with Gasteiger partial charge in [-0.3, -0.25) is 19.1 Å². The summed E-state index contributed by atoms with van der Waals surface area (Å²) in [5.74, 6) is 1.38. The molecule has 0 bridgehead atoms. The Morgan fingerprint density at radius 1 is 1.03 bits per heavy atom. The van der Waals surface area contributed by atoms with Gasteiger partial charge in [0.05, 0.1) is 18.0 Å². The first-order valence-electron chi connectivity index (χ1n) is 11.2. The predicted octanol–water partition coefficient (Wildman–Crippen LogP) is 2.30. The number of amides is 2. The number of nitrogens with zero attached hydrogens (tertiary/aromatic N) is 6. The standard InChI is InChI=1S/C23H34N6O2S/c1-6-27(7-2)21(30)15-26-10-12-28(13-11-26)22(31)16-32-23-25-24-19(5)29(23)20-14-17(3)8-9-18(20)4/h8-9,14H,6-7,10-13,15-16H2,1-5H3. The van der Waals surface area contributed by atoms with E-state index in [1.54, 1.807) is 0 Å². The lowest BCUT2D eigenvalue weighted by atomic mass is 10.1. The van der Waals surface area contributed by atoms with Gasteiger partial charge in [0.25, 0.3) is 0 Å². The van der Waals surface area contributed by atoms with Gasteiger partial charge >= 0.3 is 0 Å². The zero-order valence-electron chi connectivity index (χ0n) is 19.8. The van der Waals surface area contributed by atoms with Crippen LogP contribution in [-0.4, -0.2) is 92.8 Å². The normalized spacial score (nSPS) is 14.6. The van der Waals surface area contributed by atoms with Crippen LogP contribution >= 0.6 is 11.8 Å². The Morgan fingerprint density at radius 2 is 1.72 bits per heavy atom. The lowest BCUT2D eigenvalue weighted by molar-refractivity contribution is -0.133. The van der Waals surface area contributed by atoms with E-state index in [1.807, 2.05) is 35.1 Å². The minimum absolute atomic E-state index is 0.0953. The van der Waals surface area contributed by atoms with Crippen LogP contribution in [0.3, 0.4) is 0 Å². The summed E-state index contributed by atoms with van der Waals surface area (Å²) in [6.45, 7) is 14.7. The van der Waals surface area contributed by atoms with E-state index in [0.29, 0.717) is 25.4 Å². The molecule has 1 aromatic carbocycles. The molecule has 0 atom stereocenters. The summed E-state index contributed by atoms with van der Waals surface area (Å²) in [5, 5.41) is 9.29. The van der Waals surface area contributed by atoms with Crippen LogP contribution in [0.1, 0.15) is 30.8 Å². The molecule has 0 spiro atoms. The predicted molar refractivity (Wildman–Crippen MR) is 127 cm³/mol. The van der Waals surface area contributed by atoms with Crippen LogP contribution < -0.4 is 0 Å². The molecule has 9 heteroatoms. The van der Waals surface area contributed by atoms with Gasteiger partial charge in [0.15, 0.2) is 5.16 Å². The first kappa shape index (κ1) is 24.3. The van der Waals surface area contributed by atoms with E-state index in [2.05, 4.69) is 47.1 Å². The molecule has 0 aliphatic carbocycles. The molecule has 174 valence electrons. The monoisotopic (exact) mass is 458 g/mol. The molecule has 0 N–H and O–H groups in total. The average molecular weight is 459 g/mol. The zero-order chi connectivity index (χ0) is 23.3. The molecule has 1 aliphatic heterocycles. The maximum atomic E-state index is 12.8. The van der Waals surface area contributed by atoms with Gasteiger partial charge in [-0.05, 0) is 51.8 Å². The average Bonchev–Trinajstić information content (AvgIpc) is 3.15. The fourth-order valence-electron chi connectivity index (χ4n) is 3.91. The van der Waals surface area contributed by atoms with E-state index < -0.39 is 0 Å². The number of thioether (sulfide) groups is 1. The first-order chi connectivity index (χ1) is 15.3. The minimum Gasteiger partial charge on any atom is -0.342 e. The SMILES string of the molecule is CCN(CC)C(=O)CN1CCN(C(=O)CSc2nnc(C)n2-c2cc(C)ccc2C)CC1. The summed E-state index contributed by atoms with van der Waals surface area (Å²) >= 11 is 1.42. The third-order valence-electron chi connectivity index (χ3n) is 5.93. The largest absolute Gasteiger partial charge is 0.342 e. The van der Waals surface area contributed by atoms with Crippen LogP contribution in [0.4, 0.5) is 0 Å². The number of hydrogen-bond acceptors (Lipinski definition) is 6. The van der Waals surface area contributed by atoms with Crippen molar-refractivity contribution in [1.29, 1.82) is 0 Å². The van der Waals surface area contributed by atoms with Crippen molar-refractivity contribution in [2.75, 3.05) is 51.6 Å². The summed E-state index contributed by atoms with van der Waals surface area (Å²) in [6.07, 6.45) is 0.